The molecule has 1 rings (SSSR count). The fourth-order valence-electron chi connectivity index (χ4n) is 1.13. The van der Waals surface area contributed by atoms with E-state index in [1.807, 2.05) is 0 Å². The smallest absolute Gasteiger partial charge is 0.213 e. The molecule has 0 amide bonds. The number of rotatable bonds is 4. The topological polar surface area (TPSA) is 18.5 Å². The summed E-state index contributed by atoms with van der Waals surface area (Å²) in [6, 6.07) is 0. The van der Waals surface area contributed by atoms with E-state index >= 15 is 0 Å². The van der Waals surface area contributed by atoms with Crippen molar-refractivity contribution < 1.29 is 27.0 Å². The van der Waals surface area contributed by atoms with Crippen LogP contribution in [0.1, 0.15) is 13.8 Å². The van der Waals surface area contributed by atoms with Gasteiger partial charge in [-0.15, -0.1) is 0 Å². The molecule has 0 N–H and O–H groups in total. The van der Waals surface area contributed by atoms with Crippen LogP contribution in [0.2, 0.25) is 0 Å². The van der Waals surface area contributed by atoms with E-state index in [0.29, 0.717) is 0 Å². The van der Waals surface area contributed by atoms with Gasteiger partial charge in [-0.1, -0.05) is 0 Å². The quantitative estimate of drug-likeness (QED) is 0.456. The van der Waals surface area contributed by atoms with Crippen molar-refractivity contribution in [3.8, 4) is 11.5 Å². The zero-order valence-electron chi connectivity index (χ0n) is 8.74. The third-order valence-corrected chi connectivity index (χ3v) is 1.76. The summed E-state index contributed by atoms with van der Waals surface area (Å²) in [4.78, 5) is 0. The summed E-state index contributed by atoms with van der Waals surface area (Å²) in [6.45, 7) is 2.76. The molecule has 0 spiro atoms. The third-order valence-electron chi connectivity index (χ3n) is 1.76. The van der Waals surface area contributed by atoms with Crippen molar-refractivity contribution in [2.75, 3.05) is 13.2 Å². The highest BCUT2D eigenvalue weighted by Crippen LogP contribution is 2.34. The van der Waals surface area contributed by atoms with Crippen molar-refractivity contribution in [3.05, 3.63) is 23.3 Å². The van der Waals surface area contributed by atoms with Gasteiger partial charge >= 0.3 is 0 Å². The maximum absolute atomic E-state index is 13.5. The van der Waals surface area contributed by atoms with Gasteiger partial charge in [0.1, 0.15) is 0 Å². The van der Waals surface area contributed by atoms with Crippen molar-refractivity contribution in [2.45, 2.75) is 13.8 Å². The molecule has 0 aliphatic rings. The van der Waals surface area contributed by atoms with Crippen LogP contribution in [0.3, 0.4) is 0 Å². The second kappa shape index (κ2) is 5.05. The normalized spacial score (nSPS) is 10.4. The number of hydrogen-bond donors (Lipinski definition) is 0. The highest BCUT2D eigenvalue weighted by molar-refractivity contribution is 5.39. The molecule has 0 saturated carbocycles. The fraction of sp³-hybridized carbons (Fsp3) is 0.400. The molecule has 6 heteroatoms. The van der Waals surface area contributed by atoms with Crippen molar-refractivity contribution in [1.29, 1.82) is 0 Å². The van der Waals surface area contributed by atoms with Gasteiger partial charge in [-0.2, -0.15) is 13.2 Å². The van der Waals surface area contributed by atoms with Crippen LogP contribution in [0, 0.1) is 23.3 Å². The predicted molar refractivity (Wildman–Crippen MR) is 48.6 cm³/mol. The molecule has 0 radical (unpaired) electrons. The molecule has 16 heavy (non-hydrogen) atoms. The van der Waals surface area contributed by atoms with Gasteiger partial charge in [-0.3, -0.25) is 0 Å². The Kier molecular flexibility index (Phi) is 3.98. The van der Waals surface area contributed by atoms with Gasteiger partial charge < -0.3 is 9.47 Å². The molecular weight excluding hydrogens is 228 g/mol. The van der Waals surface area contributed by atoms with Gasteiger partial charge in [0.2, 0.25) is 23.3 Å². The number of benzene rings is 1. The second-order valence-electron chi connectivity index (χ2n) is 2.78. The Balaban J connectivity index is 3.39. The van der Waals surface area contributed by atoms with E-state index in [1.165, 1.54) is 13.8 Å². The van der Waals surface area contributed by atoms with Crippen molar-refractivity contribution in [1.82, 2.24) is 0 Å². The van der Waals surface area contributed by atoms with E-state index in [1.54, 1.807) is 0 Å². The molecule has 0 bridgehead atoms. The summed E-state index contributed by atoms with van der Waals surface area (Å²) in [7, 11) is 0. The van der Waals surface area contributed by atoms with E-state index in [0.717, 1.165) is 0 Å². The summed E-state index contributed by atoms with van der Waals surface area (Å²) in [5, 5.41) is 0. The number of halogens is 4. The molecule has 0 atom stereocenters. The van der Waals surface area contributed by atoms with Gasteiger partial charge in [-0.05, 0) is 13.8 Å². The van der Waals surface area contributed by atoms with Gasteiger partial charge in [0.15, 0.2) is 11.5 Å². The molecule has 0 saturated heterocycles. The molecule has 0 fully saturated rings. The first-order valence-electron chi connectivity index (χ1n) is 4.66. The summed E-state index contributed by atoms with van der Waals surface area (Å²) in [6.07, 6.45) is 0. The largest absolute Gasteiger partial charge is 0.488 e. The van der Waals surface area contributed by atoms with Crippen LogP contribution in [-0.4, -0.2) is 13.2 Å². The van der Waals surface area contributed by atoms with Crippen LogP contribution < -0.4 is 9.47 Å². The van der Waals surface area contributed by atoms with Crippen molar-refractivity contribution in [2.24, 2.45) is 0 Å². The van der Waals surface area contributed by atoms with Crippen molar-refractivity contribution >= 4 is 0 Å². The van der Waals surface area contributed by atoms with Gasteiger partial charge in [0, 0.05) is 0 Å². The lowest BCUT2D eigenvalue weighted by Crippen LogP contribution is -2.07. The van der Waals surface area contributed by atoms with Crippen molar-refractivity contribution in [3.63, 3.8) is 0 Å². The lowest BCUT2D eigenvalue weighted by atomic mass is 10.2. The minimum Gasteiger partial charge on any atom is -0.488 e. The molecule has 2 nitrogen and oxygen atoms in total. The maximum Gasteiger partial charge on any atom is 0.213 e. The van der Waals surface area contributed by atoms with E-state index < -0.39 is 34.8 Å². The summed E-state index contributed by atoms with van der Waals surface area (Å²) < 4.78 is 61.8. The summed E-state index contributed by atoms with van der Waals surface area (Å²) >= 11 is 0. The molecule has 0 aliphatic heterocycles. The Morgan fingerprint density at radius 3 is 1.38 bits per heavy atom. The highest BCUT2D eigenvalue weighted by Gasteiger charge is 2.27. The lowest BCUT2D eigenvalue weighted by molar-refractivity contribution is 0.255. The predicted octanol–water partition coefficient (Wildman–Crippen LogP) is 3.04. The summed E-state index contributed by atoms with van der Waals surface area (Å²) in [5.41, 5.74) is 0. The Hall–Kier alpha value is -1.46. The molecule has 1 aromatic rings. The lowest BCUT2D eigenvalue weighted by Gasteiger charge is -2.12. The van der Waals surface area contributed by atoms with Crippen LogP contribution in [0.4, 0.5) is 17.6 Å². The molecule has 1 aromatic carbocycles. The average Bonchev–Trinajstić information content (AvgIpc) is 2.28. The summed E-state index contributed by atoms with van der Waals surface area (Å²) in [5.74, 6) is -8.51. The monoisotopic (exact) mass is 238 g/mol. The molecule has 0 aliphatic carbocycles. The van der Waals surface area contributed by atoms with E-state index in [-0.39, 0.29) is 13.2 Å². The Morgan fingerprint density at radius 1 is 0.688 bits per heavy atom. The number of hydrogen-bond acceptors (Lipinski definition) is 2. The van der Waals surface area contributed by atoms with Crippen LogP contribution in [-0.2, 0) is 0 Å². The fourth-order valence-corrected chi connectivity index (χ4v) is 1.13. The molecule has 0 aromatic heterocycles. The molecule has 0 heterocycles. The standard InChI is InChI=1S/C10H10F4O2/c1-3-15-9-6(12)5(11)7(13)10(8(9)14)16-4-2/h3-4H2,1-2H3. The Bertz CT molecular complexity index is 360. The van der Waals surface area contributed by atoms with Crippen LogP contribution >= 0.6 is 0 Å². The van der Waals surface area contributed by atoms with Gasteiger partial charge in [0.25, 0.3) is 0 Å². The highest BCUT2D eigenvalue weighted by atomic mass is 19.2. The zero-order chi connectivity index (χ0) is 12.3. The first kappa shape index (κ1) is 12.6. The SMILES string of the molecule is CCOc1c(F)c(F)c(F)c(OCC)c1F. The maximum atomic E-state index is 13.5. The Labute approximate surface area is 89.8 Å². The first-order chi connectivity index (χ1) is 7.54. The number of ether oxygens (including phenoxy) is 2. The third kappa shape index (κ3) is 2.05. The van der Waals surface area contributed by atoms with Gasteiger partial charge in [0.05, 0.1) is 13.2 Å². The Morgan fingerprint density at radius 2 is 1.06 bits per heavy atom. The van der Waals surface area contributed by atoms with E-state index in [9.17, 15) is 17.6 Å². The second-order valence-corrected chi connectivity index (χ2v) is 2.78. The van der Waals surface area contributed by atoms with Crippen LogP contribution in [0.5, 0.6) is 11.5 Å². The zero-order valence-corrected chi connectivity index (χ0v) is 8.74. The first-order valence-corrected chi connectivity index (χ1v) is 4.66. The molecule has 90 valence electrons. The molecule has 0 unspecified atom stereocenters. The van der Waals surface area contributed by atoms with E-state index in [4.69, 9.17) is 0 Å². The van der Waals surface area contributed by atoms with Gasteiger partial charge in [-0.25, -0.2) is 4.39 Å². The minimum absolute atomic E-state index is 0.0789. The van der Waals surface area contributed by atoms with Crippen LogP contribution in [0.25, 0.3) is 0 Å². The minimum atomic E-state index is -1.81. The molecular formula is C10H10F4O2. The van der Waals surface area contributed by atoms with E-state index in [2.05, 4.69) is 9.47 Å². The van der Waals surface area contributed by atoms with Crippen LogP contribution in [0.15, 0.2) is 0 Å². The average molecular weight is 238 g/mol.